The van der Waals surface area contributed by atoms with Crippen molar-refractivity contribution >= 4 is 22.9 Å². The lowest BCUT2D eigenvalue weighted by Crippen LogP contribution is -2.21. The van der Waals surface area contributed by atoms with Gasteiger partial charge in [-0.15, -0.1) is 0 Å². The fourth-order valence-corrected chi connectivity index (χ4v) is 3.07. The van der Waals surface area contributed by atoms with Crippen molar-refractivity contribution in [1.29, 1.82) is 0 Å². The smallest absolute Gasteiger partial charge is 0.275 e. The number of aromatic hydroxyl groups is 2. The highest BCUT2D eigenvalue weighted by molar-refractivity contribution is 6.02. The summed E-state index contributed by atoms with van der Waals surface area (Å²) in [4.78, 5) is 29.3. The number of phenols is 1. The molecule has 4 aromatic rings. The number of para-hydroxylation sites is 1. The Morgan fingerprint density at radius 1 is 0.967 bits per heavy atom. The van der Waals surface area contributed by atoms with Crippen LogP contribution in [0.5, 0.6) is 11.6 Å². The average molecular weight is 400 g/mol. The zero-order valence-corrected chi connectivity index (χ0v) is 15.6. The molecule has 4 rings (SSSR count). The van der Waals surface area contributed by atoms with Crippen LogP contribution in [0, 0.1) is 0 Å². The van der Waals surface area contributed by atoms with Gasteiger partial charge in [-0.3, -0.25) is 9.59 Å². The Balaban J connectivity index is 1.79. The molecule has 1 amide bonds. The molecule has 0 saturated heterocycles. The lowest BCUT2D eigenvalue weighted by atomic mass is 10.1. The van der Waals surface area contributed by atoms with Crippen LogP contribution in [-0.2, 0) is 0 Å². The summed E-state index contributed by atoms with van der Waals surface area (Å²) >= 11 is 0. The van der Waals surface area contributed by atoms with Crippen LogP contribution in [0.2, 0.25) is 0 Å². The summed E-state index contributed by atoms with van der Waals surface area (Å²) in [6.45, 7) is 0. The van der Waals surface area contributed by atoms with Crippen molar-refractivity contribution in [3.8, 4) is 17.4 Å². The van der Waals surface area contributed by atoms with E-state index in [-0.39, 0.29) is 28.6 Å². The van der Waals surface area contributed by atoms with Gasteiger partial charge in [-0.25, -0.2) is 15.0 Å². The van der Waals surface area contributed by atoms with Crippen molar-refractivity contribution < 1.29 is 15.0 Å². The maximum absolute atomic E-state index is 12.9. The Morgan fingerprint density at radius 3 is 2.40 bits per heavy atom. The van der Waals surface area contributed by atoms with Gasteiger partial charge in [0.25, 0.3) is 11.5 Å². The molecule has 30 heavy (non-hydrogen) atoms. The van der Waals surface area contributed by atoms with E-state index in [4.69, 9.17) is 0 Å². The fraction of sp³-hybridized carbons (Fsp3) is 0. The molecule has 148 valence electrons. The maximum Gasteiger partial charge on any atom is 0.275 e. The first-order valence-corrected chi connectivity index (χ1v) is 8.97. The number of nitrogens with one attached hydrogen (secondary N) is 1. The molecule has 0 aliphatic carbocycles. The van der Waals surface area contributed by atoms with E-state index in [1.165, 1.54) is 24.5 Å². The summed E-state index contributed by atoms with van der Waals surface area (Å²) < 4.78 is 1.08. The lowest BCUT2D eigenvalue weighted by Gasteiger charge is -2.12. The van der Waals surface area contributed by atoms with Gasteiger partial charge in [0.2, 0.25) is 5.88 Å². The van der Waals surface area contributed by atoms with Gasteiger partial charge in [0.15, 0.2) is 0 Å². The summed E-state index contributed by atoms with van der Waals surface area (Å²) in [5.41, 5.74) is 2.16. The molecular weight excluding hydrogens is 384 g/mol. The van der Waals surface area contributed by atoms with E-state index < -0.39 is 11.5 Å². The van der Waals surface area contributed by atoms with Gasteiger partial charge in [-0.2, -0.15) is 5.10 Å². The first-order valence-electron chi connectivity index (χ1n) is 8.97. The molecule has 2 aromatic heterocycles. The van der Waals surface area contributed by atoms with Gasteiger partial charge in [0.05, 0.1) is 17.3 Å². The van der Waals surface area contributed by atoms with E-state index in [2.05, 4.69) is 15.5 Å². The molecule has 0 spiro atoms. The number of hydrogen-bond acceptors (Lipinski definition) is 6. The Bertz CT molecular complexity index is 1330. The van der Waals surface area contributed by atoms with Crippen LogP contribution in [0.3, 0.4) is 0 Å². The molecule has 8 nitrogen and oxygen atoms in total. The van der Waals surface area contributed by atoms with Crippen LogP contribution < -0.4 is 11.0 Å². The van der Waals surface area contributed by atoms with Crippen LogP contribution in [0.4, 0.5) is 0 Å². The van der Waals surface area contributed by atoms with Crippen LogP contribution in [-0.4, -0.2) is 31.9 Å². The summed E-state index contributed by atoms with van der Waals surface area (Å²) in [5.74, 6) is -0.912. The maximum atomic E-state index is 12.9. The first kappa shape index (κ1) is 18.9. The van der Waals surface area contributed by atoms with Gasteiger partial charge in [-0.1, -0.05) is 36.4 Å². The van der Waals surface area contributed by atoms with E-state index in [0.717, 1.165) is 4.57 Å². The third kappa shape index (κ3) is 3.37. The van der Waals surface area contributed by atoms with E-state index in [9.17, 15) is 19.8 Å². The second-order valence-electron chi connectivity index (χ2n) is 6.33. The van der Waals surface area contributed by atoms with Gasteiger partial charge >= 0.3 is 0 Å². The predicted octanol–water partition coefficient (Wildman–Crippen LogP) is 2.56. The van der Waals surface area contributed by atoms with Crippen molar-refractivity contribution in [3.05, 3.63) is 94.4 Å². The molecule has 0 bridgehead atoms. The van der Waals surface area contributed by atoms with E-state index in [0.29, 0.717) is 10.8 Å². The quantitative estimate of drug-likeness (QED) is 0.360. The van der Waals surface area contributed by atoms with Gasteiger partial charge < -0.3 is 10.2 Å². The zero-order valence-electron chi connectivity index (χ0n) is 15.6. The number of benzene rings is 2. The van der Waals surface area contributed by atoms with Crippen LogP contribution in [0.1, 0.15) is 15.9 Å². The number of amides is 1. The normalized spacial score (nSPS) is 11.1. The molecule has 3 N–H and O–H groups in total. The first-order chi connectivity index (χ1) is 14.6. The third-order valence-corrected chi connectivity index (χ3v) is 4.49. The molecule has 0 radical (unpaired) electrons. The number of nitrogens with zero attached hydrogens (tertiary/aromatic N) is 3. The fourth-order valence-electron chi connectivity index (χ4n) is 3.07. The molecule has 0 atom stereocenters. The van der Waals surface area contributed by atoms with Crippen molar-refractivity contribution in [2.75, 3.05) is 0 Å². The van der Waals surface area contributed by atoms with E-state index >= 15 is 0 Å². The average Bonchev–Trinajstić information content (AvgIpc) is 2.77. The summed E-state index contributed by atoms with van der Waals surface area (Å²) in [6, 6.07) is 17.8. The number of aromatic nitrogens is 2. The van der Waals surface area contributed by atoms with Crippen LogP contribution in [0.25, 0.3) is 16.6 Å². The Kier molecular flexibility index (Phi) is 4.96. The number of carbonyl (C=O) groups excluding carboxylic acids is 1. The standard InChI is InChI=1S/C22H16N4O4/c27-18-10-4-3-9-16(18)20(28)25-24-13-17-14-7-1-2-8-15(14)21(29)26(22(17)30)19-11-5-6-12-23-19/h1-13,27,30H,(H,25,28)/b24-13+. The van der Waals surface area contributed by atoms with Crippen LogP contribution in [0.15, 0.2) is 82.8 Å². The SMILES string of the molecule is O=C(N/N=C/c1c(O)n(-c2ccccn2)c(=O)c2ccccc12)c1ccccc1O. The minimum Gasteiger partial charge on any atom is -0.507 e. The third-order valence-electron chi connectivity index (χ3n) is 4.49. The summed E-state index contributed by atoms with van der Waals surface area (Å²) in [6.07, 6.45) is 2.76. The van der Waals surface area contributed by atoms with Crippen molar-refractivity contribution in [2.45, 2.75) is 0 Å². The number of hydrogen-bond donors (Lipinski definition) is 3. The molecule has 2 aromatic carbocycles. The van der Waals surface area contributed by atoms with Crippen LogP contribution >= 0.6 is 0 Å². The van der Waals surface area contributed by atoms with E-state index in [1.807, 2.05) is 0 Å². The van der Waals surface area contributed by atoms with Gasteiger partial charge in [0.1, 0.15) is 11.6 Å². The molecule has 0 aliphatic heterocycles. The number of pyridine rings is 2. The monoisotopic (exact) mass is 400 g/mol. The second kappa shape index (κ2) is 7.88. The number of rotatable bonds is 4. The minimum atomic E-state index is -0.619. The zero-order chi connectivity index (χ0) is 21.1. The summed E-state index contributed by atoms with van der Waals surface area (Å²) in [5, 5.41) is 25.3. The van der Waals surface area contributed by atoms with Crippen molar-refractivity contribution in [1.82, 2.24) is 15.0 Å². The predicted molar refractivity (Wildman–Crippen MR) is 112 cm³/mol. The highest BCUT2D eigenvalue weighted by atomic mass is 16.3. The molecule has 2 heterocycles. The highest BCUT2D eigenvalue weighted by Gasteiger charge is 2.17. The Hall–Kier alpha value is -4.46. The molecule has 0 saturated carbocycles. The van der Waals surface area contributed by atoms with E-state index in [1.54, 1.807) is 54.6 Å². The number of phenolic OH excluding ortho intramolecular Hbond substituents is 1. The summed E-state index contributed by atoms with van der Waals surface area (Å²) in [7, 11) is 0. The number of hydrazone groups is 1. The number of fused-ring (bicyclic) bond motifs is 1. The highest BCUT2D eigenvalue weighted by Crippen LogP contribution is 2.25. The van der Waals surface area contributed by atoms with Gasteiger partial charge in [-0.05, 0) is 30.3 Å². The topological polar surface area (TPSA) is 117 Å². The largest absolute Gasteiger partial charge is 0.507 e. The van der Waals surface area contributed by atoms with Crippen molar-refractivity contribution in [2.24, 2.45) is 5.10 Å². The Morgan fingerprint density at radius 2 is 1.67 bits per heavy atom. The molecule has 0 fully saturated rings. The molecular formula is C22H16N4O4. The molecule has 0 aliphatic rings. The molecule has 0 unspecified atom stereocenters. The lowest BCUT2D eigenvalue weighted by molar-refractivity contribution is 0.0952. The second-order valence-corrected chi connectivity index (χ2v) is 6.33. The Labute approximate surface area is 170 Å². The van der Waals surface area contributed by atoms with Crippen molar-refractivity contribution in [3.63, 3.8) is 0 Å². The van der Waals surface area contributed by atoms with Gasteiger partial charge in [0, 0.05) is 17.0 Å². The molecule has 8 heteroatoms. The number of carbonyl (C=O) groups is 1. The minimum absolute atomic E-state index is 0.0576.